The molecule has 0 N–H and O–H groups in total. The summed E-state index contributed by atoms with van der Waals surface area (Å²) in [5.74, 6) is 0. The first-order valence-corrected chi connectivity index (χ1v) is 19.4. The molecule has 11 aromatic rings. The van der Waals surface area contributed by atoms with Gasteiger partial charge in [-0.05, 0) is 128 Å². The van der Waals surface area contributed by atoms with Crippen LogP contribution in [-0.4, -0.2) is 0 Å². The van der Waals surface area contributed by atoms with Crippen molar-refractivity contribution in [3.63, 3.8) is 0 Å². The van der Waals surface area contributed by atoms with Crippen molar-refractivity contribution in [2.75, 3.05) is 0 Å². The van der Waals surface area contributed by atoms with Crippen LogP contribution in [0.1, 0.15) is 0 Å². The molecule has 0 aliphatic rings. The highest BCUT2D eigenvalue weighted by molar-refractivity contribution is 6.26. The Morgan fingerprint density at radius 3 is 1.16 bits per heavy atom. The largest absolute Gasteiger partial charge is 0.0622 e. The summed E-state index contributed by atoms with van der Waals surface area (Å²) in [6, 6.07) is 80.3. The normalized spacial score (nSPS) is 11.6. The average Bonchev–Trinajstić information content (AvgIpc) is 3.28. The molecule has 0 heterocycles. The molecule has 11 rings (SSSR count). The van der Waals surface area contributed by atoms with Crippen molar-refractivity contribution in [3.8, 4) is 55.6 Å². The lowest BCUT2D eigenvalue weighted by Gasteiger charge is -2.20. The second kappa shape index (κ2) is 13.2. The van der Waals surface area contributed by atoms with Crippen LogP contribution in [0.3, 0.4) is 0 Å². The van der Waals surface area contributed by atoms with E-state index in [1.807, 2.05) is 0 Å². The summed E-state index contributed by atoms with van der Waals surface area (Å²) in [6.07, 6.45) is 0. The van der Waals surface area contributed by atoms with Gasteiger partial charge in [0.1, 0.15) is 0 Å². The second-order valence-electron chi connectivity index (χ2n) is 14.8. The lowest BCUT2D eigenvalue weighted by molar-refractivity contribution is 1.58. The topological polar surface area (TPSA) is 0 Å². The van der Waals surface area contributed by atoms with Gasteiger partial charge in [-0.2, -0.15) is 0 Å². The highest BCUT2D eigenvalue weighted by atomic mass is 14.2. The van der Waals surface area contributed by atoms with Crippen molar-refractivity contribution < 1.29 is 0 Å². The molecule has 0 nitrogen and oxygen atoms in total. The molecule has 0 aliphatic carbocycles. The van der Waals surface area contributed by atoms with Crippen LogP contribution in [0, 0.1) is 0 Å². The molecule has 0 atom stereocenters. The molecule has 260 valence electrons. The molecule has 0 saturated carbocycles. The van der Waals surface area contributed by atoms with Gasteiger partial charge in [0.15, 0.2) is 0 Å². The van der Waals surface area contributed by atoms with E-state index in [0.29, 0.717) is 0 Å². The van der Waals surface area contributed by atoms with E-state index in [0.717, 1.165) is 0 Å². The number of hydrogen-bond acceptors (Lipinski definition) is 0. The minimum atomic E-state index is 1.21. The maximum Gasteiger partial charge on any atom is -0.00199 e. The minimum absolute atomic E-state index is 1.21. The number of rotatable bonds is 5. The van der Waals surface area contributed by atoms with Gasteiger partial charge in [-0.25, -0.2) is 0 Å². The highest BCUT2D eigenvalue weighted by Gasteiger charge is 2.19. The van der Waals surface area contributed by atoms with Crippen LogP contribution < -0.4 is 0 Å². The van der Waals surface area contributed by atoms with Crippen molar-refractivity contribution >= 4 is 53.9 Å². The zero-order valence-electron chi connectivity index (χ0n) is 30.8. The van der Waals surface area contributed by atoms with Gasteiger partial charge in [0.25, 0.3) is 0 Å². The maximum atomic E-state index is 2.40. The van der Waals surface area contributed by atoms with Crippen LogP contribution in [0.2, 0.25) is 0 Å². The molecule has 0 amide bonds. The lowest BCUT2D eigenvalue weighted by atomic mass is 9.83. The quantitative estimate of drug-likeness (QED) is 0.123. The van der Waals surface area contributed by atoms with Crippen molar-refractivity contribution in [2.24, 2.45) is 0 Å². The van der Waals surface area contributed by atoms with Gasteiger partial charge in [0.05, 0.1) is 0 Å². The number of benzene rings is 11. The molecule has 0 aromatic heterocycles. The number of fused-ring (bicyclic) bond motifs is 6. The summed E-state index contributed by atoms with van der Waals surface area (Å²) in [7, 11) is 0. The first kappa shape index (κ1) is 32.2. The second-order valence-corrected chi connectivity index (χ2v) is 14.8. The summed E-state index contributed by atoms with van der Waals surface area (Å²) in [4.78, 5) is 0. The molecular weight excluding hydrogens is 673 g/mol. The summed E-state index contributed by atoms with van der Waals surface area (Å²) in [6.45, 7) is 0. The van der Waals surface area contributed by atoms with E-state index in [1.165, 1.54) is 109 Å². The van der Waals surface area contributed by atoms with E-state index in [-0.39, 0.29) is 0 Å². The van der Waals surface area contributed by atoms with Crippen molar-refractivity contribution in [1.29, 1.82) is 0 Å². The molecule has 11 aromatic carbocycles. The molecule has 0 saturated heterocycles. The zero-order chi connectivity index (χ0) is 37.0. The van der Waals surface area contributed by atoms with Crippen molar-refractivity contribution in [1.82, 2.24) is 0 Å². The molecule has 0 spiro atoms. The fourth-order valence-corrected chi connectivity index (χ4v) is 8.91. The van der Waals surface area contributed by atoms with E-state index in [4.69, 9.17) is 0 Å². The Morgan fingerprint density at radius 2 is 0.571 bits per heavy atom. The fourth-order valence-electron chi connectivity index (χ4n) is 8.91. The van der Waals surface area contributed by atoms with Crippen LogP contribution in [-0.2, 0) is 0 Å². The lowest BCUT2D eigenvalue weighted by Crippen LogP contribution is -1.92. The molecule has 0 bridgehead atoms. The molecule has 0 heteroatoms. The Bertz CT molecular complexity index is 3200. The third kappa shape index (κ3) is 5.38. The molecule has 0 radical (unpaired) electrons. The molecule has 0 unspecified atom stereocenters. The minimum Gasteiger partial charge on any atom is -0.0622 e. The van der Waals surface area contributed by atoms with Crippen LogP contribution in [0.25, 0.3) is 109 Å². The van der Waals surface area contributed by atoms with Crippen LogP contribution >= 0.6 is 0 Å². The summed E-state index contributed by atoms with van der Waals surface area (Å²) < 4.78 is 0. The first-order valence-electron chi connectivity index (χ1n) is 19.4. The standard InChI is InChI=1S/C56H36/c1-2-12-37(13-3-1)38-22-24-39(25-23-38)40-26-28-41(29-27-40)43-32-30-42-31-33-45(35-46(42)34-43)55-50-18-8-10-20-52(50)56(53-21-11-9-19-51(53)55)54-36-44-14-4-5-15-47(44)48-16-6-7-17-49(48)54/h1-36H. The summed E-state index contributed by atoms with van der Waals surface area (Å²) in [5, 5.41) is 12.7. The first-order chi connectivity index (χ1) is 27.8. The van der Waals surface area contributed by atoms with E-state index in [9.17, 15) is 0 Å². The Kier molecular flexibility index (Phi) is 7.60. The Balaban J connectivity index is 1.02. The molecule has 0 fully saturated rings. The monoisotopic (exact) mass is 708 g/mol. The van der Waals surface area contributed by atoms with Gasteiger partial charge < -0.3 is 0 Å². The highest BCUT2D eigenvalue weighted by Crippen LogP contribution is 2.47. The predicted molar refractivity (Wildman–Crippen MR) is 241 cm³/mol. The Hall–Kier alpha value is -7.28. The van der Waals surface area contributed by atoms with Gasteiger partial charge in [-0.1, -0.05) is 200 Å². The van der Waals surface area contributed by atoms with Crippen LogP contribution in [0.5, 0.6) is 0 Å². The van der Waals surface area contributed by atoms with Crippen LogP contribution in [0.4, 0.5) is 0 Å². The Morgan fingerprint density at radius 1 is 0.179 bits per heavy atom. The van der Waals surface area contributed by atoms with Gasteiger partial charge in [0, 0.05) is 0 Å². The van der Waals surface area contributed by atoms with Gasteiger partial charge >= 0.3 is 0 Å². The summed E-state index contributed by atoms with van der Waals surface area (Å²) in [5.41, 5.74) is 12.4. The number of hydrogen-bond donors (Lipinski definition) is 0. The Labute approximate surface area is 326 Å². The van der Waals surface area contributed by atoms with Crippen molar-refractivity contribution in [2.45, 2.75) is 0 Å². The van der Waals surface area contributed by atoms with Gasteiger partial charge in [-0.3, -0.25) is 0 Å². The molecular formula is C56H36. The SMILES string of the molecule is c1ccc(-c2ccc(-c3ccc(-c4ccc5ccc(-c6c7ccccc7c(-c7cc8ccccc8c8ccccc78)c7ccccc67)cc5c4)cc3)cc2)cc1. The predicted octanol–water partition coefficient (Wildman–Crippen LogP) is 15.8. The van der Waals surface area contributed by atoms with E-state index in [2.05, 4.69) is 218 Å². The third-order valence-electron chi connectivity index (χ3n) is 11.6. The molecule has 56 heavy (non-hydrogen) atoms. The van der Waals surface area contributed by atoms with Gasteiger partial charge in [-0.15, -0.1) is 0 Å². The van der Waals surface area contributed by atoms with E-state index < -0.39 is 0 Å². The smallest absolute Gasteiger partial charge is 0.00199 e. The fraction of sp³-hybridized carbons (Fsp3) is 0. The van der Waals surface area contributed by atoms with Crippen LogP contribution in [0.15, 0.2) is 218 Å². The molecule has 0 aliphatic heterocycles. The summed E-state index contributed by atoms with van der Waals surface area (Å²) >= 11 is 0. The maximum absolute atomic E-state index is 2.40. The third-order valence-corrected chi connectivity index (χ3v) is 11.6. The average molecular weight is 709 g/mol. The zero-order valence-corrected chi connectivity index (χ0v) is 30.8. The van der Waals surface area contributed by atoms with E-state index in [1.54, 1.807) is 0 Å². The van der Waals surface area contributed by atoms with Gasteiger partial charge in [0.2, 0.25) is 0 Å². The van der Waals surface area contributed by atoms with E-state index >= 15 is 0 Å². The van der Waals surface area contributed by atoms with Crippen molar-refractivity contribution in [3.05, 3.63) is 218 Å².